The second-order valence-electron chi connectivity index (χ2n) is 6.39. The first-order valence-electron chi connectivity index (χ1n) is 8.40. The fourth-order valence-corrected chi connectivity index (χ4v) is 4.34. The van der Waals surface area contributed by atoms with E-state index in [-0.39, 0.29) is 11.9 Å². The number of carbonyl (C=O) groups excluding carboxylic acids is 1. The predicted molar refractivity (Wildman–Crippen MR) is 97.8 cm³/mol. The second kappa shape index (κ2) is 6.89. The van der Waals surface area contributed by atoms with Gasteiger partial charge in [-0.15, -0.1) is 11.3 Å². The van der Waals surface area contributed by atoms with Crippen LogP contribution in [0, 0.1) is 0 Å². The van der Waals surface area contributed by atoms with E-state index in [4.69, 9.17) is 4.98 Å². The summed E-state index contributed by atoms with van der Waals surface area (Å²) in [5.41, 5.74) is 2.66. The molecular formula is C18H24N4OS. The highest BCUT2D eigenvalue weighted by Crippen LogP contribution is 2.38. The first kappa shape index (κ1) is 16.9. The molecule has 0 bridgehead atoms. The lowest BCUT2D eigenvalue weighted by Gasteiger charge is -2.30. The molecule has 1 atom stereocenters. The Morgan fingerprint density at radius 1 is 1.38 bits per heavy atom. The first-order valence-corrected chi connectivity index (χ1v) is 9.22. The Hall–Kier alpha value is -1.95. The predicted octanol–water partition coefficient (Wildman–Crippen LogP) is 3.32. The molecule has 1 aliphatic carbocycles. The van der Waals surface area contributed by atoms with Gasteiger partial charge in [0.1, 0.15) is 5.69 Å². The molecule has 2 aromatic heterocycles. The third-order valence-corrected chi connectivity index (χ3v) is 5.88. The normalized spacial score (nSPS) is 16.6. The molecule has 1 amide bonds. The molecule has 0 saturated heterocycles. The Kier molecular flexibility index (Phi) is 4.85. The maximum Gasteiger partial charge on any atom is 0.272 e. The summed E-state index contributed by atoms with van der Waals surface area (Å²) < 4.78 is 0. The Balaban J connectivity index is 1.87. The molecule has 0 aromatic carbocycles. The van der Waals surface area contributed by atoms with Crippen LogP contribution < -0.4 is 4.90 Å². The van der Waals surface area contributed by atoms with Gasteiger partial charge in [-0.1, -0.05) is 6.92 Å². The van der Waals surface area contributed by atoms with Crippen molar-refractivity contribution in [1.29, 1.82) is 0 Å². The second-order valence-corrected chi connectivity index (χ2v) is 7.51. The van der Waals surface area contributed by atoms with Crippen LogP contribution in [0.25, 0.3) is 0 Å². The number of thiazole rings is 1. The summed E-state index contributed by atoms with van der Waals surface area (Å²) in [6.07, 6.45) is 5.75. The molecule has 6 heteroatoms. The van der Waals surface area contributed by atoms with E-state index in [2.05, 4.69) is 11.9 Å². The Morgan fingerprint density at radius 2 is 2.17 bits per heavy atom. The molecule has 5 nitrogen and oxygen atoms in total. The number of nitrogens with zero attached hydrogens (tertiary/aromatic N) is 4. The molecule has 0 fully saturated rings. The molecule has 3 rings (SSSR count). The van der Waals surface area contributed by atoms with Crippen LogP contribution in [0.2, 0.25) is 0 Å². The summed E-state index contributed by atoms with van der Waals surface area (Å²) in [5, 5.41) is 1.17. The summed E-state index contributed by atoms with van der Waals surface area (Å²) >= 11 is 1.76. The van der Waals surface area contributed by atoms with Gasteiger partial charge in [0, 0.05) is 33.0 Å². The summed E-state index contributed by atoms with van der Waals surface area (Å²) in [6, 6.07) is 3.88. The molecule has 128 valence electrons. The lowest BCUT2D eigenvalue weighted by atomic mass is 9.97. The molecule has 1 aliphatic rings. The molecule has 0 spiro atoms. The van der Waals surface area contributed by atoms with E-state index in [1.165, 1.54) is 15.6 Å². The number of pyridine rings is 1. The number of aromatic nitrogens is 2. The van der Waals surface area contributed by atoms with Crippen LogP contribution >= 0.6 is 11.3 Å². The minimum Gasteiger partial charge on any atom is -0.378 e. The molecule has 2 aromatic rings. The molecule has 0 unspecified atom stereocenters. The zero-order valence-electron chi connectivity index (χ0n) is 14.7. The van der Waals surface area contributed by atoms with E-state index in [1.54, 1.807) is 17.5 Å². The van der Waals surface area contributed by atoms with Crippen LogP contribution in [0.4, 0.5) is 5.69 Å². The Labute approximate surface area is 147 Å². The topological polar surface area (TPSA) is 49.3 Å². The SMILES string of the molecule is CCc1nc2c(s1)[C@@H](N(C)C(=O)c1cc(N(C)C)ccn1)CCC2. The van der Waals surface area contributed by atoms with Gasteiger partial charge >= 0.3 is 0 Å². The molecule has 2 heterocycles. The van der Waals surface area contributed by atoms with Crippen LogP contribution in [0.5, 0.6) is 0 Å². The number of hydrogen-bond acceptors (Lipinski definition) is 5. The van der Waals surface area contributed by atoms with Crippen molar-refractivity contribution in [3.63, 3.8) is 0 Å². The highest BCUT2D eigenvalue weighted by Gasteiger charge is 2.30. The Morgan fingerprint density at radius 3 is 2.88 bits per heavy atom. The lowest BCUT2D eigenvalue weighted by Crippen LogP contribution is -2.33. The van der Waals surface area contributed by atoms with Gasteiger partial charge < -0.3 is 9.80 Å². The number of hydrogen-bond donors (Lipinski definition) is 0. The maximum absolute atomic E-state index is 12.9. The fraction of sp³-hybridized carbons (Fsp3) is 0.500. The van der Waals surface area contributed by atoms with Gasteiger partial charge in [-0.3, -0.25) is 9.78 Å². The number of carbonyl (C=O) groups is 1. The van der Waals surface area contributed by atoms with Gasteiger partial charge in [0.05, 0.1) is 21.6 Å². The van der Waals surface area contributed by atoms with Gasteiger partial charge in [0.2, 0.25) is 0 Å². The van der Waals surface area contributed by atoms with Crippen LogP contribution in [-0.2, 0) is 12.8 Å². The fourth-order valence-electron chi connectivity index (χ4n) is 3.11. The van der Waals surface area contributed by atoms with Crippen LogP contribution in [0.1, 0.15) is 51.9 Å². The average molecular weight is 344 g/mol. The number of aryl methyl sites for hydroxylation is 2. The molecule has 0 aliphatic heterocycles. The summed E-state index contributed by atoms with van der Waals surface area (Å²) in [6.45, 7) is 2.13. The van der Waals surface area contributed by atoms with Crippen molar-refractivity contribution in [3.8, 4) is 0 Å². The summed E-state index contributed by atoms with van der Waals surface area (Å²) in [4.78, 5) is 27.0. The monoisotopic (exact) mass is 344 g/mol. The van der Waals surface area contributed by atoms with Crippen LogP contribution in [-0.4, -0.2) is 41.9 Å². The van der Waals surface area contributed by atoms with E-state index in [0.29, 0.717) is 5.69 Å². The summed E-state index contributed by atoms with van der Waals surface area (Å²) in [7, 11) is 5.81. The van der Waals surface area contributed by atoms with Gasteiger partial charge in [0.25, 0.3) is 5.91 Å². The minimum atomic E-state index is -0.0250. The Bertz CT molecular complexity index is 740. The van der Waals surface area contributed by atoms with E-state index in [1.807, 2.05) is 43.1 Å². The van der Waals surface area contributed by atoms with Crippen molar-refractivity contribution in [3.05, 3.63) is 39.6 Å². The minimum absolute atomic E-state index is 0.0250. The van der Waals surface area contributed by atoms with Crippen molar-refractivity contribution < 1.29 is 4.79 Å². The van der Waals surface area contributed by atoms with Gasteiger partial charge in [-0.05, 0) is 37.8 Å². The van der Waals surface area contributed by atoms with Crippen molar-refractivity contribution in [2.24, 2.45) is 0 Å². The molecule has 0 saturated carbocycles. The third kappa shape index (κ3) is 3.15. The van der Waals surface area contributed by atoms with Crippen molar-refractivity contribution >= 4 is 22.9 Å². The van der Waals surface area contributed by atoms with E-state index in [0.717, 1.165) is 31.4 Å². The number of fused-ring (bicyclic) bond motifs is 1. The lowest BCUT2D eigenvalue weighted by molar-refractivity contribution is 0.0712. The standard InChI is InChI=1S/C18H24N4OS/c1-5-16-20-13-7-6-8-15(17(13)24-16)22(4)18(23)14-11-12(21(2)3)9-10-19-14/h9-11,15H,5-8H2,1-4H3/t15-/m0/s1. The van der Waals surface area contributed by atoms with Gasteiger partial charge in [-0.25, -0.2) is 4.98 Å². The first-order chi connectivity index (χ1) is 11.5. The highest BCUT2D eigenvalue weighted by atomic mass is 32.1. The highest BCUT2D eigenvalue weighted by molar-refractivity contribution is 7.11. The van der Waals surface area contributed by atoms with Crippen LogP contribution in [0.15, 0.2) is 18.3 Å². The van der Waals surface area contributed by atoms with E-state index in [9.17, 15) is 4.79 Å². The smallest absolute Gasteiger partial charge is 0.272 e. The zero-order valence-corrected chi connectivity index (χ0v) is 15.6. The van der Waals surface area contributed by atoms with E-state index < -0.39 is 0 Å². The largest absolute Gasteiger partial charge is 0.378 e. The average Bonchev–Trinajstić information content (AvgIpc) is 3.03. The van der Waals surface area contributed by atoms with Crippen LogP contribution in [0.3, 0.4) is 0 Å². The van der Waals surface area contributed by atoms with E-state index >= 15 is 0 Å². The quantitative estimate of drug-likeness (QED) is 0.854. The molecule has 24 heavy (non-hydrogen) atoms. The zero-order chi connectivity index (χ0) is 17.3. The maximum atomic E-state index is 12.9. The number of amides is 1. The summed E-state index contributed by atoms with van der Waals surface area (Å²) in [5.74, 6) is -0.0250. The van der Waals surface area contributed by atoms with Gasteiger partial charge in [-0.2, -0.15) is 0 Å². The third-order valence-electron chi connectivity index (χ3n) is 4.53. The number of rotatable bonds is 4. The number of anilines is 1. The molecular weight excluding hydrogens is 320 g/mol. The molecule has 0 radical (unpaired) electrons. The van der Waals surface area contributed by atoms with Crippen molar-refractivity contribution in [1.82, 2.24) is 14.9 Å². The molecule has 0 N–H and O–H groups in total. The van der Waals surface area contributed by atoms with Crippen molar-refractivity contribution in [2.75, 3.05) is 26.0 Å². The van der Waals surface area contributed by atoms with Gasteiger partial charge in [0.15, 0.2) is 0 Å². The van der Waals surface area contributed by atoms with Crippen molar-refractivity contribution in [2.45, 2.75) is 38.6 Å².